The fourth-order valence-corrected chi connectivity index (χ4v) is 1.73. The first-order chi connectivity index (χ1) is 10.3. The van der Waals surface area contributed by atoms with Gasteiger partial charge in [0.15, 0.2) is 0 Å². The summed E-state index contributed by atoms with van der Waals surface area (Å²) >= 11 is 0. The van der Waals surface area contributed by atoms with Crippen molar-refractivity contribution in [3.63, 3.8) is 0 Å². The van der Waals surface area contributed by atoms with Crippen molar-refractivity contribution in [3.8, 4) is 0 Å². The summed E-state index contributed by atoms with van der Waals surface area (Å²) in [5, 5.41) is 6.28. The number of halogens is 3. The first kappa shape index (κ1) is 15.7. The molecule has 2 aromatic rings. The first-order valence-corrected chi connectivity index (χ1v) is 6.38. The van der Waals surface area contributed by atoms with Gasteiger partial charge in [0.2, 0.25) is 0 Å². The molecule has 5 nitrogen and oxygen atoms in total. The van der Waals surface area contributed by atoms with Crippen LogP contribution in [0, 0.1) is 0 Å². The molecule has 116 valence electrons. The number of anilines is 1. The predicted molar refractivity (Wildman–Crippen MR) is 73.6 cm³/mol. The highest BCUT2D eigenvalue weighted by Gasteiger charge is 2.30. The molecule has 1 aromatic heterocycles. The van der Waals surface area contributed by atoms with Crippen LogP contribution < -0.4 is 10.9 Å². The van der Waals surface area contributed by atoms with E-state index in [1.165, 1.54) is 12.1 Å². The average Bonchev–Trinajstić information content (AvgIpc) is 2.47. The van der Waals surface area contributed by atoms with Gasteiger partial charge in [0.1, 0.15) is 5.69 Å². The van der Waals surface area contributed by atoms with Crippen LogP contribution in [0.25, 0.3) is 0 Å². The number of amides is 1. The number of aromatic nitrogens is 2. The molecule has 1 N–H and O–H groups in total. The van der Waals surface area contributed by atoms with Gasteiger partial charge < -0.3 is 5.32 Å². The molecule has 0 spiro atoms. The van der Waals surface area contributed by atoms with Crippen molar-refractivity contribution in [3.05, 3.63) is 58.0 Å². The van der Waals surface area contributed by atoms with Gasteiger partial charge in [-0.2, -0.15) is 18.3 Å². The minimum absolute atomic E-state index is 0.00125. The minimum Gasteiger partial charge on any atom is -0.321 e. The highest BCUT2D eigenvalue weighted by Crippen LogP contribution is 2.29. The monoisotopic (exact) mass is 311 g/mol. The van der Waals surface area contributed by atoms with E-state index < -0.39 is 17.6 Å². The lowest BCUT2D eigenvalue weighted by molar-refractivity contribution is -0.137. The second-order valence-corrected chi connectivity index (χ2v) is 4.40. The van der Waals surface area contributed by atoms with E-state index in [0.29, 0.717) is 6.54 Å². The Balaban J connectivity index is 2.17. The van der Waals surface area contributed by atoms with Gasteiger partial charge in [-0.25, -0.2) is 4.68 Å². The predicted octanol–water partition coefficient (Wildman–Crippen LogP) is 2.53. The fraction of sp³-hybridized carbons (Fsp3) is 0.214. The highest BCUT2D eigenvalue weighted by atomic mass is 19.4. The first-order valence-electron chi connectivity index (χ1n) is 6.38. The minimum atomic E-state index is -4.43. The van der Waals surface area contributed by atoms with Gasteiger partial charge in [0.25, 0.3) is 11.5 Å². The third-order valence-electron chi connectivity index (χ3n) is 2.87. The van der Waals surface area contributed by atoms with E-state index in [9.17, 15) is 22.8 Å². The van der Waals surface area contributed by atoms with Crippen LogP contribution in [0.15, 0.2) is 41.2 Å². The average molecular weight is 311 g/mol. The molecule has 8 heteroatoms. The van der Waals surface area contributed by atoms with E-state index >= 15 is 0 Å². The molecule has 1 heterocycles. The number of carbonyl (C=O) groups is 1. The van der Waals surface area contributed by atoms with Crippen LogP contribution in [-0.2, 0) is 12.7 Å². The Kier molecular flexibility index (Phi) is 4.30. The normalized spacial score (nSPS) is 11.3. The Morgan fingerprint density at radius 3 is 2.36 bits per heavy atom. The Bertz CT molecular complexity index is 736. The van der Waals surface area contributed by atoms with Crippen LogP contribution >= 0.6 is 0 Å². The van der Waals surface area contributed by atoms with E-state index in [1.54, 1.807) is 6.92 Å². The van der Waals surface area contributed by atoms with Gasteiger partial charge in [0, 0.05) is 18.3 Å². The maximum absolute atomic E-state index is 12.4. The molecule has 0 radical (unpaired) electrons. The van der Waals surface area contributed by atoms with E-state index in [4.69, 9.17) is 0 Å². The number of hydrogen-bond acceptors (Lipinski definition) is 3. The molecule has 0 saturated carbocycles. The number of carbonyl (C=O) groups excluding carboxylic acids is 1. The molecule has 22 heavy (non-hydrogen) atoms. The van der Waals surface area contributed by atoms with E-state index in [-0.39, 0.29) is 16.9 Å². The van der Waals surface area contributed by atoms with Crippen molar-refractivity contribution in [2.45, 2.75) is 19.6 Å². The smallest absolute Gasteiger partial charge is 0.321 e. The van der Waals surface area contributed by atoms with Crippen molar-refractivity contribution in [2.24, 2.45) is 0 Å². The summed E-state index contributed by atoms with van der Waals surface area (Å²) in [6.45, 7) is 2.01. The summed E-state index contributed by atoms with van der Waals surface area (Å²) in [4.78, 5) is 23.3. The van der Waals surface area contributed by atoms with E-state index in [0.717, 1.165) is 28.9 Å². The van der Waals surface area contributed by atoms with E-state index in [1.807, 2.05) is 0 Å². The number of alkyl halides is 3. The molecule has 0 aliphatic carbocycles. The lowest BCUT2D eigenvalue weighted by Crippen LogP contribution is -2.25. The Labute approximate surface area is 123 Å². The molecular formula is C14H12F3N3O2. The summed E-state index contributed by atoms with van der Waals surface area (Å²) in [6, 6.07) is 6.51. The largest absolute Gasteiger partial charge is 0.416 e. The molecule has 1 aromatic carbocycles. The Morgan fingerprint density at radius 2 is 1.82 bits per heavy atom. The molecule has 0 saturated heterocycles. The van der Waals surface area contributed by atoms with Crippen LogP contribution in [0.3, 0.4) is 0 Å². The van der Waals surface area contributed by atoms with Crippen molar-refractivity contribution in [1.29, 1.82) is 0 Å². The molecule has 0 fully saturated rings. The molecule has 0 unspecified atom stereocenters. The molecule has 2 rings (SSSR count). The second-order valence-electron chi connectivity index (χ2n) is 4.40. The standard InChI is InChI=1S/C14H12F3N3O2/c1-2-20-12(21)8-7-11(19-20)13(22)18-10-5-3-9(4-6-10)14(15,16)17/h3-8H,2H2,1H3,(H,18,22). The lowest BCUT2D eigenvalue weighted by Gasteiger charge is -2.09. The Hall–Kier alpha value is -2.64. The Morgan fingerprint density at radius 1 is 1.18 bits per heavy atom. The number of benzene rings is 1. The van der Waals surface area contributed by atoms with Gasteiger partial charge >= 0.3 is 6.18 Å². The highest BCUT2D eigenvalue weighted by molar-refractivity contribution is 6.02. The van der Waals surface area contributed by atoms with Crippen molar-refractivity contribution in [1.82, 2.24) is 9.78 Å². The quantitative estimate of drug-likeness (QED) is 0.947. The van der Waals surface area contributed by atoms with Crippen molar-refractivity contribution in [2.75, 3.05) is 5.32 Å². The molecule has 0 atom stereocenters. The topological polar surface area (TPSA) is 64.0 Å². The lowest BCUT2D eigenvalue weighted by atomic mass is 10.2. The SMILES string of the molecule is CCn1nc(C(=O)Nc2ccc(C(F)(F)F)cc2)ccc1=O. The number of nitrogens with one attached hydrogen (secondary N) is 1. The summed E-state index contributed by atoms with van der Waals surface area (Å²) in [7, 11) is 0. The van der Waals surface area contributed by atoms with Gasteiger partial charge in [-0.15, -0.1) is 0 Å². The second kappa shape index (κ2) is 6.00. The van der Waals surface area contributed by atoms with Gasteiger partial charge in [-0.3, -0.25) is 9.59 Å². The van der Waals surface area contributed by atoms with Crippen LogP contribution in [0.2, 0.25) is 0 Å². The third kappa shape index (κ3) is 3.51. The van der Waals surface area contributed by atoms with Crippen LogP contribution in [-0.4, -0.2) is 15.7 Å². The zero-order valence-electron chi connectivity index (χ0n) is 11.5. The van der Waals surface area contributed by atoms with Gasteiger partial charge in [-0.05, 0) is 37.3 Å². The van der Waals surface area contributed by atoms with Crippen molar-refractivity contribution < 1.29 is 18.0 Å². The van der Waals surface area contributed by atoms with Gasteiger partial charge in [0.05, 0.1) is 5.56 Å². The fourth-order valence-electron chi connectivity index (χ4n) is 1.73. The van der Waals surface area contributed by atoms with E-state index in [2.05, 4.69) is 10.4 Å². The van der Waals surface area contributed by atoms with Crippen molar-refractivity contribution >= 4 is 11.6 Å². The molecule has 0 aliphatic rings. The summed E-state index contributed by atoms with van der Waals surface area (Å²) in [6.07, 6.45) is -4.43. The van der Waals surface area contributed by atoms with Crippen LogP contribution in [0.4, 0.5) is 18.9 Å². The van der Waals surface area contributed by atoms with Crippen LogP contribution in [0.5, 0.6) is 0 Å². The zero-order chi connectivity index (χ0) is 16.3. The molecule has 0 bridgehead atoms. The summed E-state index contributed by atoms with van der Waals surface area (Å²) in [5.74, 6) is -0.609. The van der Waals surface area contributed by atoms with Gasteiger partial charge in [-0.1, -0.05) is 0 Å². The number of nitrogens with zero attached hydrogens (tertiary/aromatic N) is 2. The number of rotatable bonds is 3. The maximum Gasteiger partial charge on any atom is 0.416 e. The zero-order valence-corrected chi connectivity index (χ0v) is 11.5. The number of aryl methyl sites for hydroxylation is 1. The summed E-state index contributed by atoms with van der Waals surface area (Å²) in [5.41, 5.74) is -0.938. The van der Waals surface area contributed by atoms with Crippen LogP contribution in [0.1, 0.15) is 23.0 Å². The summed E-state index contributed by atoms with van der Waals surface area (Å²) < 4.78 is 38.4. The molecule has 0 aliphatic heterocycles. The number of hydrogen-bond donors (Lipinski definition) is 1. The molecule has 1 amide bonds. The molecular weight excluding hydrogens is 299 g/mol. The maximum atomic E-state index is 12.4. The third-order valence-corrected chi connectivity index (χ3v) is 2.87.